The number of nitrogens with zero attached hydrogens (tertiary/aromatic N) is 2. The second-order valence-electron chi connectivity index (χ2n) is 7.36. The number of rotatable bonds is 10. The molecule has 0 saturated heterocycles. The van der Waals surface area contributed by atoms with E-state index in [-0.39, 0.29) is 24.6 Å². The van der Waals surface area contributed by atoms with Gasteiger partial charge in [-0.15, -0.1) is 0 Å². The molecule has 0 spiro atoms. The van der Waals surface area contributed by atoms with E-state index < -0.39 is 18.2 Å². The van der Waals surface area contributed by atoms with Crippen LogP contribution < -0.4 is 5.32 Å². The van der Waals surface area contributed by atoms with Crippen LogP contribution in [0, 0.1) is 5.82 Å². The summed E-state index contributed by atoms with van der Waals surface area (Å²) >= 11 is 0. The van der Waals surface area contributed by atoms with Crippen molar-refractivity contribution >= 4 is 18.0 Å². The molecule has 0 radical (unpaired) electrons. The zero-order valence-corrected chi connectivity index (χ0v) is 18.3. The fraction of sp³-hybridized carbons (Fsp3) is 0.435. The molecule has 1 heterocycles. The minimum absolute atomic E-state index is 0.0222. The maximum Gasteiger partial charge on any atom is 0.308 e. The van der Waals surface area contributed by atoms with E-state index in [0.717, 1.165) is 12.1 Å². The predicted octanol–water partition coefficient (Wildman–Crippen LogP) is 3.53. The number of hydrogen-bond donors (Lipinski definition) is 3. The van der Waals surface area contributed by atoms with Gasteiger partial charge in [-0.1, -0.05) is 26.0 Å². The van der Waals surface area contributed by atoms with Crippen molar-refractivity contribution in [1.82, 2.24) is 9.97 Å². The smallest absolute Gasteiger partial charge is 0.308 e. The summed E-state index contributed by atoms with van der Waals surface area (Å²) in [7, 11) is 2.97. The number of benzene rings is 1. The molecular formula is C23H30FN3O4. The summed E-state index contributed by atoms with van der Waals surface area (Å²) in [6.45, 7) is 4.10. The van der Waals surface area contributed by atoms with Gasteiger partial charge in [-0.25, -0.2) is 14.4 Å². The molecule has 7 nitrogen and oxygen atoms in total. The molecule has 1 aromatic carbocycles. The number of esters is 1. The molecule has 2 aromatic rings. The number of aliphatic hydroxyl groups excluding tert-OH is 2. The Bertz CT molecular complexity index is 902. The Hall–Kier alpha value is -2.84. The fourth-order valence-electron chi connectivity index (χ4n) is 3.08. The summed E-state index contributed by atoms with van der Waals surface area (Å²) < 4.78 is 18.0. The Morgan fingerprint density at radius 3 is 2.52 bits per heavy atom. The maximum absolute atomic E-state index is 13.5. The Morgan fingerprint density at radius 1 is 1.26 bits per heavy atom. The second-order valence-corrected chi connectivity index (χ2v) is 7.36. The Kier molecular flexibility index (Phi) is 9.08. The normalized spacial score (nSPS) is 14.3. The summed E-state index contributed by atoms with van der Waals surface area (Å²) in [5.41, 5.74) is 2.82. The fourth-order valence-corrected chi connectivity index (χ4v) is 3.08. The molecule has 0 aliphatic heterocycles. The third-order valence-corrected chi connectivity index (χ3v) is 5.02. The first-order valence-electron chi connectivity index (χ1n) is 10.3. The van der Waals surface area contributed by atoms with Crippen LogP contribution >= 0.6 is 0 Å². The third-order valence-electron chi connectivity index (χ3n) is 5.02. The first-order chi connectivity index (χ1) is 14.8. The molecule has 2 unspecified atom stereocenters. The van der Waals surface area contributed by atoms with Crippen molar-refractivity contribution in [1.29, 1.82) is 0 Å². The van der Waals surface area contributed by atoms with Crippen LogP contribution in [0.15, 0.2) is 30.3 Å². The van der Waals surface area contributed by atoms with Crippen LogP contribution in [0.25, 0.3) is 17.3 Å². The molecule has 2 rings (SSSR count). The molecule has 0 fully saturated rings. The van der Waals surface area contributed by atoms with Crippen LogP contribution in [0.2, 0.25) is 0 Å². The van der Waals surface area contributed by atoms with Gasteiger partial charge in [0.2, 0.25) is 5.95 Å². The van der Waals surface area contributed by atoms with E-state index in [1.807, 2.05) is 6.92 Å². The minimum Gasteiger partial charge on any atom is -0.469 e. The standard InChI is InChI=1S/C23H30FN3O4/c1-5-14(2)21-19(11-10-17(28)12-18(29)13-20(30)31-4)22(27-23(25-3)26-21)15-6-8-16(24)9-7-15/h6-11,14,17-18,28-29H,5,12-13H2,1-4H3,(H,25,26,27)/b11-10+/t14?,17?,18-/m1/s1. The minimum atomic E-state index is -1.03. The van der Waals surface area contributed by atoms with Gasteiger partial charge in [0.25, 0.3) is 0 Å². The van der Waals surface area contributed by atoms with Gasteiger partial charge in [0.05, 0.1) is 37.1 Å². The summed E-state index contributed by atoms with van der Waals surface area (Å²) in [4.78, 5) is 20.5. The SMILES string of the molecule is CCC(C)c1nc(NC)nc(-c2ccc(F)cc2)c1/C=C/C(O)C[C@@H](O)CC(=O)OC. The largest absolute Gasteiger partial charge is 0.469 e. The summed E-state index contributed by atoms with van der Waals surface area (Å²) in [6.07, 6.45) is 1.86. The van der Waals surface area contributed by atoms with Crippen molar-refractivity contribution in [3.05, 3.63) is 47.4 Å². The van der Waals surface area contributed by atoms with E-state index in [2.05, 4.69) is 26.9 Å². The van der Waals surface area contributed by atoms with Crippen molar-refractivity contribution < 1.29 is 24.1 Å². The molecule has 0 bridgehead atoms. The summed E-state index contributed by atoms with van der Waals surface area (Å²) in [5.74, 6) is -0.338. The molecule has 0 aliphatic rings. The Labute approximate surface area is 182 Å². The number of carbonyl (C=O) groups is 1. The maximum atomic E-state index is 13.5. The molecule has 0 amide bonds. The first-order valence-corrected chi connectivity index (χ1v) is 10.3. The molecule has 1 aromatic heterocycles. The van der Waals surface area contributed by atoms with Crippen molar-refractivity contribution in [3.8, 4) is 11.3 Å². The lowest BCUT2D eigenvalue weighted by molar-refractivity contribution is -0.143. The van der Waals surface area contributed by atoms with Gasteiger partial charge in [-0.2, -0.15) is 0 Å². The topological polar surface area (TPSA) is 105 Å². The predicted molar refractivity (Wildman–Crippen MR) is 118 cm³/mol. The van der Waals surface area contributed by atoms with Crippen molar-refractivity contribution in [2.24, 2.45) is 0 Å². The van der Waals surface area contributed by atoms with Crippen LogP contribution in [0.1, 0.15) is 50.3 Å². The Morgan fingerprint density at radius 2 is 1.94 bits per heavy atom. The van der Waals surface area contributed by atoms with Crippen LogP contribution in [0.3, 0.4) is 0 Å². The zero-order valence-electron chi connectivity index (χ0n) is 18.3. The van der Waals surface area contributed by atoms with E-state index in [0.29, 0.717) is 22.8 Å². The molecule has 31 heavy (non-hydrogen) atoms. The van der Waals surface area contributed by atoms with E-state index in [4.69, 9.17) is 0 Å². The zero-order chi connectivity index (χ0) is 23.0. The molecule has 0 aliphatic carbocycles. The van der Waals surface area contributed by atoms with Crippen molar-refractivity contribution in [2.45, 2.75) is 51.2 Å². The lowest BCUT2D eigenvalue weighted by Gasteiger charge is -2.18. The number of halogens is 1. The molecule has 8 heteroatoms. The number of aliphatic hydroxyl groups is 2. The van der Waals surface area contributed by atoms with E-state index >= 15 is 0 Å². The summed E-state index contributed by atoms with van der Waals surface area (Å²) in [6, 6.07) is 6.02. The van der Waals surface area contributed by atoms with Gasteiger partial charge >= 0.3 is 5.97 Å². The van der Waals surface area contributed by atoms with E-state index in [1.165, 1.54) is 25.3 Å². The van der Waals surface area contributed by atoms with Crippen LogP contribution in [-0.2, 0) is 9.53 Å². The number of hydrogen-bond acceptors (Lipinski definition) is 7. The van der Waals surface area contributed by atoms with Crippen LogP contribution in [0.4, 0.5) is 10.3 Å². The molecular weight excluding hydrogens is 401 g/mol. The van der Waals surface area contributed by atoms with Crippen LogP contribution in [-0.4, -0.2) is 52.5 Å². The highest BCUT2D eigenvalue weighted by Crippen LogP contribution is 2.31. The van der Waals surface area contributed by atoms with Gasteiger partial charge in [0, 0.05) is 24.6 Å². The lowest BCUT2D eigenvalue weighted by atomic mass is 9.95. The highest BCUT2D eigenvalue weighted by atomic mass is 19.1. The number of carbonyl (C=O) groups excluding carboxylic acids is 1. The quantitative estimate of drug-likeness (QED) is 0.494. The van der Waals surface area contributed by atoms with E-state index in [9.17, 15) is 19.4 Å². The van der Waals surface area contributed by atoms with Gasteiger partial charge in [-0.3, -0.25) is 4.79 Å². The number of anilines is 1. The molecule has 3 N–H and O–H groups in total. The van der Waals surface area contributed by atoms with Gasteiger partial charge in [0.1, 0.15) is 5.82 Å². The van der Waals surface area contributed by atoms with Gasteiger partial charge < -0.3 is 20.3 Å². The van der Waals surface area contributed by atoms with Gasteiger partial charge in [-0.05, 0) is 36.6 Å². The van der Waals surface area contributed by atoms with Crippen molar-refractivity contribution in [2.75, 3.05) is 19.5 Å². The monoisotopic (exact) mass is 431 g/mol. The summed E-state index contributed by atoms with van der Waals surface area (Å²) in [5, 5.41) is 23.3. The molecule has 168 valence electrons. The number of methoxy groups -OCH3 is 1. The average Bonchev–Trinajstić information content (AvgIpc) is 2.76. The number of aromatic nitrogens is 2. The molecule has 0 saturated carbocycles. The third kappa shape index (κ3) is 6.83. The highest BCUT2D eigenvalue weighted by Gasteiger charge is 2.19. The first kappa shape index (κ1) is 24.4. The number of ether oxygens (including phenoxy) is 1. The number of nitrogens with one attached hydrogen (secondary N) is 1. The molecule has 3 atom stereocenters. The average molecular weight is 432 g/mol. The Balaban J connectivity index is 2.44. The van der Waals surface area contributed by atoms with Gasteiger partial charge in [0.15, 0.2) is 0 Å². The highest BCUT2D eigenvalue weighted by molar-refractivity contribution is 5.75. The lowest BCUT2D eigenvalue weighted by Crippen LogP contribution is -2.20. The van der Waals surface area contributed by atoms with E-state index in [1.54, 1.807) is 25.3 Å². The van der Waals surface area contributed by atoms with Crippen LogP contribution in [0.5, 0.6) is 0 Å². The van der Waals surface area contributed by atoms with Crippen molar-refractivity contribution in [3.63, 3.8) is 0 Å². The second kappa shape index (κ2) is 11.5.